The fourth-order valence-corrected chi connectivity index (χ4v) is 2.94. The highest BCUT2D eigenvalue weighted by molar-refractivity contribution is 5.78. The molecule has 1 unspecified atom stereocenters. The Bertz CT molecular complexity index is 513. The lowest BCUT2D eigenvalue weighted by atomic mass is 10.1. The molecule has 1 N–H and O–H groups in total. The molecule has 0 bridgehead atoms. The predicted octanol–water partition coefficient (Wildman–Crippen LogP) is 1.60. The maximum Gasteiger partial charge on any atom is 0.222 e. The van der Waals surface area contributed by atoms with E-state index in [9.17, 15) is 9.90 Å². The van der Waals surface area contributed by atoms with E-state index in [0.29, 0.717) is 13.0 Å². The highest BCUT2D eigenvalue weighted by Gasteiger charge is 2.20. The first-order valence-electron chi connectivity index (χ1n) is 8.30. The summed E-state index contributed by atoms with van der Waals surface area (Å²) in [5.41, 5.74) is 2.16. The van der Waals surface area contributed by atoms with E-state index in [2.05, 4.69) is 0 Å². The second kappa shape index (κ2) is 8.31. The molecule has 1 fully saturated rings. The molecule has 0 saturated carbocycles. The number of aliphatic hydroxyl groups excluding tert-OH is 1. The lowest BCUT2D eigenvalue weighted by molar-refractivity contribution is -0.127. The summed E-state index contributed by atoms with van der Waals surface area (Å²) in [6, 6.07) is 6.02. The zero-order valence-electron chi connectivity index (χ0n) is 14.4. The summed E-state index contributed by atoms with van der Waals surface area (Å²) < 4.78 is 5.78. The van der Waals surface area contributed by atoms with Crippen LogP contribution in [-0.4, -0.2) is 66.8 Å². The molecule has 23 heavy (non-hydrogen) atoms. The van der Waals surface area contributed by atoms with Gasteiger partial charge in [-0.05, 0) is 38.4 Å². The Morgan fingerprint density at radius 3 is 2.65 bits per heavy atom. The average Bonchev–Trinajstić information content (AvgIpc) is 2.90. The van der Waals surface area contributed by atoms with E-state index in [1.165, 1.54) is 0 Å². The minimum Gasteiger partial charge on any atom is -0.490 e. The van der Waals surface area contributed by atoms with Crippen LogP contribution in [0.15, 0.2) is 18.2 Å². The Labute approximate surface area is 138 Å². The van der Waals surface area contributed by atoms with Crippen molar-refractivity contribution in [3.63, 3.8) is 0 Å². The Balaban J connectivity index is 1.71. The molecule has 128 valence electrons. The van der Waals surface area contributed by atoms with E-state index in [4.69, 9.17) is 4.74 Å². The van der Waals surface area contributed by atoms with Gasteiger partial charge in [0, 0.05) is 32.6 Å². The van der Waals surface area contributed by atoms with Gasteiger partial charge in [-0.1, -0.05) is 18.2 Å². The number of rotatable bonds is 8. The number of benzene rings is 1. The van der Waals surface area contributed by atoms with E-state index < -0.39 is 6.10 Å². The molecule has 5 nitrogen and oxygen atoms in total. The molecular weight excluding hydrogens is 292 g/mol. The average molecular weight is 320 g/mol. The van der Waals surface area contributed by atoms with Crippen LogP contribution in [0.1, 0.15) is 24.0 Å². The number of ether oxygens (including phenoxy) is 1. The number of hydrogen-bond donors (Lipinski definition) is 1. The monoisotopic (exact) mass is 320 g/mol. The van der Waals surface area contributed by atoms with Gasteiger partial charge in [-0.25, -0.2) is 0 Å². The zero-order valence-corrected chi connectivity index (χ0v) is 14.4. The standard InChI is InChI=1S/C18H28N2O3/c1-14-6-4-7-15(2)18(14)23-13-16(21)12-19(3)10-11-20-9-5-8-17(20)22/h4,6-7,16,21H,5,8-13H2,1-3H3. The number of nitrogens with zero attached hydrogens (tertiary/aromatic N) is 2. The molecule has 1 aliphatic heterocycles. The van der Waals surface area contributed by atoms with Crippen molar-refractivity contribution in [3.05, 3.63) is 29.3 Å². The Morgan fingerprint density at radius 2 is 2.04 bits per heavy atom. The molecule has 5 heteroatoms. The van der Waals surface area contributed by atoms with E-state index in [1.807, 2.05) is 48.9 Å². The Kier molecular flexibility index (Phi) is 6.42. The van der Waals surface area contributed by atoms with Gasteiger partial charge in [0.05, 0.1) is 0 Å². The first-order valence-corrected chi connectivity index (χ1v) is 8.30. The van der Waals surface area contributed by atoms with Crippen LogP contribution in [-0.2, 0) is 4.79 Å². The largest absolute Gasteiger partial charge is 0.490 e. The van der Waals surface area contributed by atoms with Crippen molar-refractivity contribution in [2.75, 3.05) is 39.8 Å². The number of aryl methyl sites for hydroxylation is 2. The summed E-state index contributed by atoms with van der Waals surface area (Å²) in [5, 5.41) is 10.2. The topological polar surface area (TPSA) is 53.0 Å². The Hall–Kier alpha value is -1.59. The molecule has 1 heterocycles. The molecule has 1 aromatic rings. The number of para-hydroxylation sites is 1. The third kappa shape index (κ3) is 5.22. The minimum atomic E-state index is -0.548. The number of carbonyl (C=O) groups is 1. The summed E-state index contributed by atoms with van der Waals surface area (Å²) in [6.45, 7) is 7.20. The van der Waals surface area contributed by atoms with Gasteiger partial charge in [0.2, 0.25) is 5.91 Å². The summed E-state index contributed by atoms with van der Waals surface area (Å²) in [4.78, 5) is 15.5. The van der Waals surface area contributed by atoms with Crippen LogP contribution in [0.3, 0.4) is 0 Å². The van der Waals surface area contributed by atoms with Crippen molar-refractivity contribution in [3.8, 4) is 5.75 Å². The molecule has 1 aromatic carbocycles. The van der Waals surface area contributed by atoms with Crippen molar-refractivity contribution in [1.82, 2.24) is 9.80 Å². The third-order valence-corrected chi connectivity index (χ3v) is 4.27. The van der Waals surface area contributed by atoms with Crippen LogP contribution in [0.25, 0.3) is 0 Å². The number of likely N-dealkylation sites (tertiary alicyclic amines) is 1. The third-order valence-electron chi connectivity index (χ3n) is 4.27. The van der Waals surface area contributed by atoms with E-state index in [-0.39, 0.29) is 12.5 Å². The van der Waals surface area contributed by atoms with Gasteiger partial charge in [0.1, 0.15) is 18.5 Å². The number of carbonyl (C=O) groups excluding carboxylic acids is 1. The van der Waals surface area contributed by atoms with Gasteiger partial charge < -0.3 is 19.6 Å². The van der Waals surface area contributed by atoms with Crippen LogP contribution >= 0.6 is 0 Å². The van der Waals surface area contributed by atoms with E-state index in [1.54, 1.807) is 0 Å². The molecule has 1 atom stereocenters. The van der Waals surface area contributed by atoms with Gasteiger partial charge in [0.25, 0.3) is 0 Å². The second-order valence-electron chi connectivity index (χ2n) is 6.43. The summed E-state index contributed by atoms with van der Waals surface area (Å²) >= 11 is 0. The van der Waals surface area contributed by atoms with Gasteiger partial charge >= 0.3 is 0 Å². The van der Waals surface area contributed by atoms with Crippen molar-refractivity contribution in [1.29, 1.82) is 0 Å². The number of likely N-dealkylation sites (N-methyl/N-ethyl adjacent to an activating group) is 1. The van der Waals surface area contributed by atoms with Crippen LogP contribution in [0, 0.1) is 13.8 Å². The molecule has 1 amide bonds. The van der Waals surface area contributed by atoms with Crippen molar-refractivity contribution >= 4 is 5.91 Å². The molecule has 0 spiro atoms. The quantitative estimate of drug-likeness (QED) is 0.790. The van der Waals surface area contributed by atoms with Crippen molar-refractivity contribution < 1.29 is 14.6 Å². The lowest BCUT2D eigenvalue weighted by Crippen LogP contribution is -2.38. The van der Waals surface area contributed by atoms with Gasteiger partial charge in [-0.15, -0.1) is 0 Å². The van der Waals surface area contributed by atoms with E-state index >= 15 is 0 Å². The first kappa shape index (κ1) is 17.8. The van der Waals surface area contributed by atoms with Crippen LogP contribution in [0.2, 0.25) is 0 Å². The number of aliphatic hydroxyl groups is 1. The maximum absolute atomic E-state index is 11.6. The molecule has 0 radical (unpaired) electrons. The van der Waals surface area contributed by atoms with E-state index in [0.717, 1.165) is 42.9 Å². The van der Waals surface area contributed by atoms with Crippen LogP contribution in [0.5, 0.6) is 5.75 Å². The minimum absolute atomic E-state index is 0.248. The summed E-state index contributed by atoms with van der Waals surface area (Å²) in [6.07, 6.45) is 1.10. The summed E-state index contributed by atoms with van der Waals surface area (Å²) in [7, 11) is 1.96. The fourth-order valence-electron chi connectivity index (χ4n) is 2.94. The van der Waals surface area contributed by atoms with Crippen LogP contribution < -0.4 is 4.74 Å². The highest BCUT2D eigenvalue weighted by atomic mass is 16.5. The van der Waals surface area contributed by atoms with Gasteiger partial charge in [0.15, 0.2) is 0 Å². The normalized spacial score (nSPS) is 16.2. The molecule has 2 rings (SSSR count). The van der Waals surface area contributed by atoms with Crippen molar-refractivity contribution in [2.24, 2.45) is 0 Å². The van der Waals surface area contributed by atoms with Gasteiger partial charge in [-0.2, -0.15) is 0 Å². The van der Waals surface area contributed by atoms with Gasteiger partial charge in [-0.3, -0.25) is 4.79 Å². The molecule has 1 aliphatic rings. The molecule has 0 aliphatic carbocycles. The molecule has 1 saturated heterocycles. The lowest BCUT2D eigenvalue weighted by Gasteiger charge is -2.24. The Morgan fingerprint density at radius 1 is 1.35 bits per heavy atom. The smallest absolute Gasteiger partial charge is 0.222 e. The fraction of sp³-hybridized carbons (Fsp3) is 0.611. The second-order valence-corrected chi connectivity index (χ2v) is 6.43. The number of hydrogen-bond acceptors (Lipinski definition) is 4. The SMILES string of the molecule is Cc1cccc(C)c1OCC(O)CN(C)CCN1CCCC1=O. The first-order chi connectivity index (χ1) is 11.0. The molecule has 0 aromatic heterocycles. The number of amides is 1. The van der Waals surface area contributed by atoms with Crippen LogP contribution in [0.4, 0.5) is 0 Å². The maximum atomic E-state index is 11.6. The molecular formula is C18H28N2O3. The van der Waals surface area contributed by atoms with Crippen molar-refractivity contribution in [2.45, 2.75) is 32.8 Å². The summed E-state index contributed by atoms with van der Waals surface area (Å²) in [5.74, 6) is 1.11. The predicted molar refractivity (Wildman–Crippen MR) is 90.7 cm³/mol. The highest BCUT2D eigenvalue weighted by Crippen LogP contribution is 2.22. The zero-order chi connectivity index (χ0) is 16.8.